The maximum absolute atomic E-state index is 12.7. The Morgan fingerprint density at radius 3 is 1.39 bits per heavy atom. The van der Waals surface area contributed by atoms with E-state index in [2.05, 4.69) is 117 Å². The fraction of sp³-hybridized carbons (Fsp3) is 0.580. The first-order valence-corrected chi connectivity index (χ1v) is 22.0. The molecule has 0 spiro atoms. The molecule has 0 bridgehead atoms. The van der Waals surface area contributed by atoms with E-state index in [1.807, 2.05) is 27.2 Å². The van der Waals surface area contributed by atoms with Crippen molar-refractivity contribution in [3.05, 3.63) is 109 Å². The number of aliphatic carboxylic acids is 1. The molecule has 0 amide bonds. The Hall–Kier alpha value is -4.05. The van der Waals surface area contributed by atoms with Crippen molar-refractivity contribution >= 4 is 17.9 Å². The van der Waals surface area contributed by atoms with Gasteiger partial charge in [-0.2, -0.15) is 0 Å². The molecule has 0 radical (unpaired) electrons. The predicted molar refractivity (Wildman–Crippen MR) is 241 cm³/mol. The van der Waals surface area contributed by atoms with Gasteiger partial charge in [-0.3, -0.25) is 9.59 Å². The molecule has 0 saturated carbocycles. The number of carboxylic acid groups (broad SMARTS) is 1. The minimum absolute atomic E-state index is 0.126. The molecule has 0 heterocycles. The van der Waals surface area contributed by atoms with Crippen LogP contribution in [0.4, 0.5) is 0 Å². The number of rotatable bonds is 38. The van der Waals surface area contributed by atoms with Gasteiger partial charge in [-0.25, -0.2) is 0 Å². The van der Waals surface area contributed by atoms with Gasteiger partial charge in [0.15, 0.2) is 12.4 Å². The molecular formula is C50H79NO8. The molecule has 59 heavy (non-hydrogen) atoms. The van der Waals surface area contributed by atoms with Crippen molar-refractivity contribution in [3.63, 3.8) is 0 Å². The van der Waals surface area contributed by atoms with Crippen molar-refractivity contribution in [1.29, 1.82) is 0 Å². The molecule has 0 aromatic heterocycles. The first kappa shape index (κ1) is 55.0. The number of quaternary nitrogens is 1. The van der Waals surface area contributed by atoms with E-state index in [0.717, 1.165) is 83.5 Å². The van der Waals surface area contributed by atoms with Crippen molar-refractivity contribution in [3.8, 4) is 0 Å². The van der Waals surface area contributed by atoms with E-state index in [4.69, 9.17) is 18.9 Å². The average Bonchev–Trinajstić information content (AvgIpc) is 3.19. The van der Waals surface area contributed by atoms with Gasteiger partial charge in [0.05, 0.1) is 40.3 Å². The number of hydrogen-bond donors (Lipinski definition) is 0. The summed E-state index contributed by atoms with van der Waals surface area (Å²) in [6, 6.07) is 0. The first-order chi connectivity index (χ1) is 28.6. The van der Waals surface area contributed by atoms with Crippen molar-refractivity contribution in [2.45, 2.75) is 142 Å². The number of likely N-dealkylation sites (N-methyl/N-ethyl adjacent to an activating group) is 1. The van der Waals surface area contributed by atoms with Crippen molar-refractivity contribution in [1.82, 2.24) is 0 Å². The lowest BCUT2D eigenvalue weighted by Gasteiger charge is -2.26. The largest absolute Gasteiger partial charge is 0.545 e. The van der Waals surface area contributed by atoms with E-state index in [9.17, 15) is 19.5 Å². The van der Waals surface area contributed by atoms with E-state index in [1.54, 1.807) is 0 Å². The third-order valence-electron chi connectivity index (χ3n) is 8.52. The number of carboxylic acids is 1. The predicted octanol–water partition coefficient (Wildman–Crippen LogP) is 10.3. The number of unbranched alkanes of at least 4 members (excludes halogenated alkanes) is 5. The van der Waals surface area contributed by atoms with Gasteiger partial charge in [0.2, 0.25) is 0 Å². The van der Waals surface area contributed by atoms with Crippen LogP contribution in [0.15, 0.2) is 109 Å². The number of nitrogens with zero attached hydrogens (tertiary/aromatic N) is 1. The lowest BCUT2D eigenvalue weighted by atomic mass is 10.1. The summed E-state index contributed by atoms with van der Waals surface area (Å²) in [5.74, 6) is -2.42. The van der Waals surface area contributed by atoms with Gasteiger partial charge in [-0.15, -0.1) is 0 Å². The van der Waals surface area contributed by atoms with E-state index < -0.39 is 30.3 Å². The minimum Gasteiger partial charge on any atom is -0.545 e. The molecule has 0 aliphatic heterocycles. The zero-order valence-corrected chi connectivity index (χ0v) is 37.3. The molecular weight excluding hydrogens is 743 g/mol. The highest BCUT2D eigenvalue weighted by molar-refractivity contribution is 5.70. The van der Waals surface area contributed by atoms with Crippen LogP contribution in [0.2, 0.25) is 0 Å². The summed E-state index contributed by atoms with van der Waals surface area (Å²) in [6.45, 7) is 4.37. The minimum atomic E-state index is -1.65. The molecule has 0 N–H and O–H groups in total. The lowest BCUT2D eigenvalue weighted by Crippen LogP contribution is -2.44. The highest BCUT2D eigenvalue weighted by atomic mass is 16.7. The van der Waals surface area contributed by atoms with E-state index in [0.29, 0.717) is 30.3 Å². The molecule has 0 aliphatic rings. The van der Waals surface area contributed by atoms with E-state index in [-0.39, 0.29) is 32.7 Å². The molecule has 2 atom stereocenters. The van der Waals surface area contributed by atoms with Crippen LogP contribution in [0.25, 0.3) is 0 Å². The summed E-state index contributed by atoms with van der Waals surface area (Å²) >= 11 is 0. The molecule has 0 saturated heterocycles. The molecule has 9 nitrogen and oxygen atoms in total. The number of carbonyl (C=O) groups excluding carboxylic acids is 3. The maximum atomic E-state index is 12.7. The fourth-order valence-electron chi connectivity index (χ4n) is 5.15. The van der Waals surface area contributed by atoms with Gasteiger partial charge in [0.25, 0.3) is 0 Å². The van der Waals surface area contributed by atoms with Crippen LogP contribution >= 0.6 is 0 Å². The smallest absolute Gasteiger partial charge is 0.306 e. The molecule has 0 fully saturated rings. The summed E-state index contributed by atoms with van der Waals surface area (Å²) in [5, 5.41) is 11.7. The van der Waals surface area contributed by atoms with Crippen LogP contribution in [-0.2, 0) is 33.3 Å². The third-order valence-corrected chi connectivity index (χ3v) is 8.52. The monoisotopic (exact) mass is 822 g/mol. The van der Waals surface area contributed by atoms with Crippen LogP contribution in [0.1, 0.15) is 129 Å². The third kappa shape index (κ3) is 41.9. The summed E-state index contributed by atoms with van der Waals surface area (Å²) in [7, 11) is 5.87. The number of hydrogen-bond acceptors (Lipinski definition) is 8. The number of esters is 2. The zero-order valence-electron chi connectivity index (χ0n) is 37.3. The summed E-state index contributed by atoms with van der Waals surface area (Å²) in [5.41, 5.74) is 0. The number of ether oxygens (including phenoxy) is 4. The Morgan fingerprint density at radius 2 is 0.932 bits per heavy atom. The van der Waals surface area contributed by atoms with Crippen molar-refractivity contribution in [2.75, 3.05) is 47.5 Å². The normalized spacial score (nSPS) is 14.0. The number of carbonyl (C=O) groups is 3. The lowest BCUT2D eigenvalue weighted by molar-refractivity contribution is -0.870. The Kier molecular flexibility index (Phi) is 37.9. The quantitative estimate of drug-likeness (QED) is 0.0199. The first-order valence-electron chi connectivity index (χ1n) is 22.0. The van der Waals surface area contributed by atoms with Crippen LogP contribution in [0.3, 0.4) is 0 Å². The van der Waals surface area contributed by atoms with Crippen molar-refractivity contribution < 1.29 is 42.9 Å². The van der Waals surface area contributed by atoms with Gasteiger partial charge < -0.3 is 33.3 Å². The molecule has 9 heteroatoms. The SMILES string of the molecule is CC/C=C\C/C=C\C/C=C\C/C=C\C/C=C\CCCC(=O)OC(COC(=O)CCCCCC/C=C\C/C=C\C/C=C\C/C=C\CC)COC(OCC[N+](C)(C)C)C(=O)[O-]. The van der Waals surface area contributed by atoms with Crippen LogP contribution in [-0.4, -0.2) is 82.3 Å². The van der Waals surface area contributed by atoms with E-state index in [1.165, 1.54) is 0 Å². The second kappa shape index (κ2) is 40.7. The Balaban J connectivity index is 4.62. The second-order valence-corrected chi connectivity index (χ2v) is 15.2. The highest BCUT2D eigenvalue weighted by Gasteiger charge is 2.21. The standard InChI is InChI=1S/C50H79NO8/c1-6-8-10-12-14-16-18-20-22-24-26-28-30-32-34-36-38-40-47(52)57-44-46(45-58-50(49(54)55)56-43-42-51(3,4)5)59-48(53)41-39-37-35-33-31-29-27-25-23-21-19-17-15-13-11-9-7-2/h8-11,14-17,20-23,26-29,33,35,46,50H,6-7,12-13,18-19,24-25,30-32,34,36-45H2,1-5H3/b10-8-,11-9-,16-14-,17-15-,22-20-,23-21-,28-26-,29-27-,35-33-. The Morgan fingerprint density at radius 1 is 0.508 bits per heavy atom. The Bertz CT molecular complexity index is 1330. The van der Waals surface area contributed by atoms with Crippen molar-refractivity contribution in [2.24, 2.45) is 0 Å². The van der Waals surface area contributed by atoms with Gasteiger partial charge in [0, 0.05) is 12.8 Å². The fourth-order valence-corrected chi connectivity index (χ4v) is 5.15. The molecule has 332 valence electrons. The maximum Gasteiger partial charge on any atom is 0.306 e. The van der Waals surface area contributed by atoms with Crippen LogP contribution < -0.4 is 5.11 Å². The van der Waals surface area contributed by atoms with Gasteiger partial charge >= 0.3 is 11.9 Å². The molecule has 0 aliphatic carbocycles. The average molecular weight is 822 g/mol. The highest BCUT2D eigenvalue weighted by Crippen LogP contribution is 2.10. The van der Waals surface area contributed by atoms with Gasteiger partial charge in [-0.05, 0) is 89.9 Å². The second-order valence-electron chi connectivity index (χ2n) is 15.2. The van der Waals surface area contributed by atoms with Crippen LogP contribution in [0.5, 0.6) is 0 Å². The Labute approximate surface area is 358 Å². The summed E-state index contributed by atoms with van der Waals surface area (Å²) < 4.78 is 22.4. The molecule has 0 aromatic carbocycles. The molecule has 0 aromatic rings. The van der Waals surface area contributed by atoms with Gasteiger partial charge in [-0.1, -0.05) is 136 Å². The van der Waals surface area contributed by atoms with Crippen LogP contribution in [0, 0.1) is 0 Å². The zero-order chi connectivity index (χ0) is 43.5. The number of allylic oxidation sites excluding steroid dienone is 18. The summed E-state index contributed by atoms with van der Waals surface area (Å²) in [4.78, 5) is 37.0. The van der Waals surface area contributed by atoms with E-state index >= 15 is 0 Å². The summed E-state index contributed by atoms with van der Waals surface area (Å²) in [6.07, 6.45) is 51.3. The topological polar surface area (TPSA) is 111 Å². The van der Waals surface area contributed by atoms with Gasteiger partial charge in [0.1, 0.15) is 13.2 Å². The molecule has 0 rings (SSSR count). The molecule has 2 unspecified atom stereocenters.